The Labute approximate surface area is 196 Å². The summed E-state index contributed by atoms with van der Waals surface area (Å²) < 4.78 is 58.8. The second kappa shape index (κ2) is 8.66. The lowest BCUT2D eigenvalue weighted by Crippen LogP contribution is -2.06. The first kappa shape index (κ1) is 23.0. The molecule has 0 aliphatic heterocycles. The van der Waals surface area contributed by atoms with Crippen molar-refractivity contribution < 1.29 is 31.8 Å². The van der Waals surface area contributed by atoms with Crippen LogP contribution in [0.25, 0.3) is 10.9 Å². The highest BCUT2D eigenvalue weighted by Gasteiger charge is 2.24. The molecule has 0 aliphatic rings. The fourth-order valence-electron chi connectivity index (χ4n) is 3.18. The van der Waals surface area contributed by atoms with Crippen molar-refractivity contribution in [1.82, 2.24) is 4.98 Å². The highest BCUT2D eigenvalue weighted by Crippen LogP contribution is 2.40. The third-order valence-corrected chi connectivity index (χ3v) is 7.15. The van der Waals surface area contributed by atoms with Crippen LogP contribution in [-0.2, 0) is 14.6 Å². The summed E-state index contributed by atoms with van der Waals surface area (Å²) in [5.41, 5.74) is 0.246. The zero-order valence-corrected chi connectivity index (χ0v) is 18.7. The molecule has 4 rings (SSSR count). The quantitative estimate of drug-likeness (QED) is 0.294. The molecule has 0 amide bonds. The molecule has 4 aromatic rings. The molecule has 2 N–H and O–H groups in total. The van der Waals surface area contributed by atoms with Gasteiger partial charge in [0.25, 0.3) is 0 Å². The summed E-state index contributed by atoms with van der Waals surface area (Å²) in [5, 5.41) is 8.87. The van der Waals surface area contributed by atoms with Crippen LogP contribution in [0, 0.1) is 5.82 Å². The predicted molar refractivity (Wildman–Crippen MR) is 118 cm³/mol. The Kier molecular flexibility index (Phi) is 6.04. The van der Waals surface area contributed by atoms with Crippen molar-refractivity contribution in [3.05, 3.63) is 82.2 Å². The number of rotatable bonds is 6. The van der Waals surface area contributed by atoms with Crippen LogP contribution in [0.1, 0.15) is 11.7 Å². The first-order valence-electron chi connectivity index (χ1n) is 9.23. The first-order valence-corrected chi connectivity index (χ1v) is 11.5. The summed E-state index contributed by atoms with van der Waals surface area (Å²) in [6, 6.07) is 11.2. The van der Waals surface area contributed by atoms with Crippen LogP contribution in [0.3, 0.4) is 0 Å². The lowest BCUT2D eigenvalue weighted by Gasteiger charge is -2.12. The maximum atomic E-state index is 13.8. The van der Waals surface area contributed by atoms with E-state index in [2.05, 4.69) is 4.98 Å². The Morgan fingerprint density at radius 3 is 2.27 bits per heavy atom. The van der Waals surface area contributed by atoms with Gasteiger partial charge in [0.1, 0.15) is 11.6 Å². The average Bonchev–Trinajstić information content (AvgIpc) is 3.20. The molecule has 1 aromatic heterocycles. The second-order valence-electron chi connectivity index (χ2n) is 6.93. The van der Waals surface area contributed by atoms with Gasteiger partial charge in [-0.15, -0.1) is 0 Å². The number of halogens is 4. The van der Waals surface area contributed by atoms with Crippen LogP contribution in [0.2, 0.25) is 10.0 Å². The molecule has 0 saturated carbocycles. The number of aromatic nitrogens is 1. The number of alkyl halides is 1. The molecule has 170 valence electrons. The van der Waals surface area contributed by atoms with E-state index in [1.165, 1.54) is 30.5 Å². The minimum Gasteiger partial charge on any atom is -0.479 e. The smallest absolute Gasteiger partial charge is 0.343 e. The number of nitrogens with one attached hydrogen (secondary N) is 1. The number of hydrogen-bond donors (Lipinski definition) is 2. The number of carboxylic acids is 1. The number of fused-ring (bicyclic) bond motifs is 1. The minimum absolute atomic E-state index is 0.0520. The number of hydrogen-bond acceptors (Lipinski definition) is 4. The molecule has 33 heavy (non-hydrogen) atoms. The molecule has 11 heteroatoms. The topological polar surface area (TPSA) is 96.5 Å². The standard InChI is InChI=1S/C22H13Cl2F2NO5S/c23-16-7-11(20(26)22(28)29)8-17(24)21(16)32-13-3-6-18-15(9-13)19(10-27-18)33(30,31)14-4-1-12(25)2-5-14/h1-10,20,27H,(H,28,29). The largest absolute Gasteiger partial charge is 0.479 e. The fraction of sp³-hybridized carbons (Fsp3) is 0.0455. The van der Waals surface area contributed by atoms with E-state index >= 15 is 0 Å². The Balaban J connectivity index is 1.73. The zero-order chi connectivity index (χ0) is 23.9. The third-order valence-electron chi connectivity index (χ3n) is 4.78. The van der Waals surface area contributed by atoms with Gasteiger partial charge in [0.2, 0.25) is 16.0 Å². The molecule has 1 heterocycles. The van der Waals surface area contributed by atoms with E-state index in [0.717, 1.165) is 24.3 Å². The van der Waals surface area contributed by atoms with Crippen LogP contribution < -0.4 is 4.74 Å². The van der Waals surface area contributed by atoms with Gasteiger partial charge in [0.15, 0.2) is 5.75 Å². The van der Waals surface area contributed by atoms with E-state index in [-0.39, 0.29) is 36.9 Å². The molecule has 0 spiro atoms. The number of carboxylic acid groups (broad SMARTS) is 1. The SMILES string of the molecule is O=C(O)C(F)c1cc(Cl)c(Oc2ccc3[nH]cc(S(=O)(=O)c4ccc(F)cc4)c3c2)c(Cl)c1. The van der Waals surface area contributed by atoms with Crippen molar-refractivity contribution in [3.8, 4) is 11.5 Å². The van der Waals surface area contributed by atoms with Gasteiger partial charge < -0.3 is 14.8 Å². The number of benzene rings is 3. The van der Waals surface area contributed by atoms with Crippen molar-refractivity contribution in [1.29, 1.82) is 0 Å². The van der Waals surface area contributed by atoms with E-state index in [0.29, 0.717) is 10.9 Å². The normalized spacial score (nSPS) is 12.6. The van der Waals surface area contributed by atoms with Gasteiger partial charge in [0, 0.05) is 22.7 Å². The summed E-state index contributed by atoms with van der Waals surface area (Å²) in [7, 11) is -3.97. The summed E-state index contributed by atoms with van der Waals surface area (Å²) >= 11 is 12.3. The molecular weight excluding hydrogens is 499 g/mol. The molecule has 1 unspecified atom stereocenters. The highest BCUT2D eigenvalue weighted by atomic mass is 35.5. The van der Waals surface area contributed by atoms with Gasteiger partial charge in [-0.1, -0.05) is 23.2 Å². The van der Waals surface area contributed by atoms with E-state index in [1.54, 1.807) is 6.07 Å². The number of ether oxygens (including phenoxy) is 1. The average molecular weight is 512 g/mol. The molecule has 3 aromatic carbocycles. The van der Waals surface area contributed by atoms with E-state index < -0.39 is 27.8 Å². The number of H-pyrrole nitrogens is 1. The van der Waals surface area contributed by atoms with Crippen LogP contribution in [0.4, 0.5) is 8.78 Å². The first-order chi connectivity index (χ1) is 15.6. The van der Waals surface area contributed by atoms with Crippen LogP contribution >= 0.6 is 23.2 Å². The van der Waals surface area contributed by atoms with Crippen molar-refractivity contribution in [3.63, 3.8) is 0 Å². The minimum atomic E-state index is -3.97. The van der Waals surface area contributed by atoms with Crippen LogP contribution in [0.5, 0.6) is 11.5 Å². The summed E-state index contributed by atoms with van der Waals surface area (Å²) in [4.78, 5) is 13.6. The number of aromatic amines is 1. The van der Waals surface area contributed by atoms with Crippen molar-refractivity contribution in [2.75, 3.05) is 0 Å². The lowest BCUT2D eigenvalue weighted by atomic mass is 10.1. The number of carbonyl (C=O) groups is 1. The zero-order valence-electron chi connectivity index (χ0n) is 16.4. The van der Waals surface area contributed by atoms with E-state index in [1.807, 2.05) is 0 Å². The Bertz CT molecular complexity index is 1460. The van der Waals surface area contributed by atoms with Crippen molar-refractivity contribution in [2.24, 2.45) is 0 Å². The number of aliphatic carboxylic acids is 1. The Morgan fingerprint density at radius 2 is 1.67 bits per heavy atom. The second-order valence-corrected chi connectivity index (χ2v) is 9.67. The maximum Gasteiger partial charge on any atom is 0.343 e. The van der Waals surface area contributed by atoms with Gasteiger partial charge in [-0.2, -0.15) is 0 Å². The molecule has 0 aliphatic carbocycles. The van der Waals surface area contributed by atoms with Gasteiger partial charge in [-0.05, 0) is 54.6 Å². The highest BCUT2D eigenvalue weighted by molar-refractivity contribution is 7.91. The summed E-state index contributed by atoms with van der Waals surface area (Å²) in [5.74, 6) is -2.14. The molecule has 1 atom stereocenters. The Morgan fingerprint density at radius 1 is 1.03 bits per heavy atom. The molecule has 0 radical (unpaired) electrons. The monoisotopic (exact) mass is 511 g/mol. The van der Waals surface area contributed by atoms with Crippen LogP contribution in [-0.4, -0.2) is 24.5 Å². The number of sulfone groups is 1. The molecule has 0 saturated heterocycles. The van der Waals surface area contributed by atoms with Crippen LogP contribution in [0.15, 0.2) is 70.6 Å². The summed E-state index contributed by atoms with van der Waals surface area (Å²) in [6.07, 6.45) is -1.00. The molecule has 6 nitrogen and oxygen atoms in total. The predicted octanol–water partition coefficient (Wildman–Crippen LogP) is 6.33. The fourth-order valence-corrected chi connectivity index (χ4v) is 5.19. The van der Waals surface area contributed by atoms with Gasteiger partial charge in [-0.25, -0.2) is 22.0 Å². The molecular formula is C22H13Cl2F2NO5S. The van der Waals surface area contributed by atoms with Gasteiger partial charge in [-0.3, -0.25) is 0 Å². The molecule has 0 fully saturated rings. The van der Waals surface area contributed by atoms with E-state index in [9.17, 15) is 22.0 Å². The lowest BCUT2D eigenvalue weighted by molar-refractivity contribution is -0.143. The van der Waals surface area contributed by atoms with Crippen molar-refractivity contribution >= 4 is 49.9 Å². The summed E-state index contributed by atoms with van der Waals surface area (Å²) in [6.45, 7) is 0. The maximum absolute atomic E-state index is 13.8. The van der Waals surface area contributed by atoms with Gasteiger partial charge in [0.05, 0.1) is 19.8 Å². The van der Waals surface area contributed by atoms with Crippen molar-refractivity contribution in [2.45, 2.75) is 16.0 Å². The molecule has 0 bridgehead atoms. The van der Waals surface area contributed by atoms with Gasteiger partial charge >= 0.3 is 5.97 Å². The Hall–Kier alpha value is -3.14. The third kappa shape index (κ3) is 4.39. The van der Waals surface area contributed by atoms with E-state index in [4.69, 9.17) is 33.0 Å².